The fraction of sp³-hybridized carbons (Fsp3) is 0.812. The first-order chi connectivity index (χ1) is 10.4. The highest BCUT2D eigenvalue weighted by Gasteiger charge is 2.21. The predicted octanol–water partition coefficient (Wildman–Crippen LogP) is 2.21. The number of unbranched alkanes of at least 4 members (excludes halogenated alkanes) is 4. The molecule has 4 N–H and O–H groups in total. The van der Waals surface area contributed by atoms with Gasteiger partial charge in [0.2, 0.25) is 11.8 Å². The quantitative estimate of drug-likeness (QED) is 0.453. The topological polar surface area (TPSA) is 109 Å². The summed E-state index contributed by atoms with van der Waals surface area (Å²) in [7, 11) is 0. The zero-order valence-corrected chi connectivity index (χ0v) is 13.8. The summed E-state index contributed by atoms with van der Waals surface area (Å²) in [6.45, 7) is 4.17. The molecule has 0 aliphatic rings. The molecule has 6 heteroatoms. The van der Waals surface area contributed by atoms with Crippen molar-refractivity contribution in [3.05, 3.63) is 0 Å². The first kappa shape index (κ1) is 20.4. The van der Waals surface area contributed by atoms with Crippen LogP contribution in [0.3, 0.4) is 0 Å². The number of carboxylic acid groups (broad SMARTS) is 1. The minimum Gasteiger partial charge on any atom is -0.480 e. The minimum atomic E-state index is -1.14. The molecular formula is C16H30N2O4. The van der Waals surface area contributed by atoms with E-state index in [4.69, 9.17) is 10.8 Å². The molecule has 0 bridgehead atoms. The molecule has 0 spiro atoms. The van der Waals surface area contributed by atoms with E-state index < -0.39 is 17.9 Å². The average molecular weight is 314 g/mol. The van der Waals surface area contributed by atoms with E-state index in [2.05, 4.69) is 12.2 Å². The van der Waals surface area contributed by atoms with Crippen molar-refractivity contribution in [2.75, 3.05) is 0 Å². The second kappa shape index (κ2) is 12.0. The summed E-state index contributed by atoms with van der Waals surface area (Å²) in [5.74, 6) is -1.76. The van der Waals surface area contributed by atoms with Gasteiger partial charge in [0.05, 0.1) is 0 Å². The lowest BCUT2D eigenvalue weighted by atomic mass is 9.98. The van der Waals surface area contributed by atoms with Gasteiger partial charge in [0.1, 0.15) is 6.04 Å². The molecule has 0 saturated heterocycles. The second-order valence-electron chi connectivity index (χ2n) is 5.98. The van der Waals surface area contributed by atoms with E-state index in [-0.39, 0.29) is 24.7 Å². The molecular weight excluding hydrogens is 284 g/mol. The van der Waals surface area contributed by atoms with Crippen molar-refractivity contribution in [1.29, 1.82) is 0 Å². The van der Waals surface area contributed by atoms with Crippen LogP contribution in [0.15, 0.2) is 0 Å². The van der Waals surface area contributed by atoms with Gasteiger partial charge >= 0.3 is 5.97 Å². The van der Waals surface area contributed by atoms with E-state index >= 15 is 0 Å². The first-order valence-corrected chi connectivity index (χ1v) is 8.17. The van der Waals surface area contributed by atoms with Crippen LogP contribution in [0.5, 0.6) is 0 Å². The smallest absolute Gasteiger partial charge is 0.326 e. The van der Waals surface area contributed by atoms with E-state index in [0.717, 1.165) is 12.8 Å². The van der Waals surface area contributed by atoms with Crippen molar-refractivity contribution in [2.45, 2.75) is 77.7 Å². The average Bonchev–Trinajstić information content (AvgIpc) is 2.42. The SMILES string of the molecule is CCCCCCCC(C)CC(=O)NC(CCC(N)=O)C(=O)O. The Morgan fingerprint density at radius 1 is 1.09 bits per heavy atom. The highest BCUT2D eigenvalue weighted by Crippen LogP contribution is 2.14. The molecule has 0 heterocycles. The molecule has 0 radical (unpaired) electrons. The second-order valence-corrected chi connectivity index (χ2v) is 5.98. The maximum atomic E-state index is 11.9. The number of carbonyl (C=O) groups is 3. The normalized spacial score (nSPS) is 13.4. The van der Waals surface area contributed by atoms with E-state index in [0.29, 0.717) is 6.42 Å². The van der Waals surface area contributed by atoms with Gasteiger partial charge in [0.15, 0.2) is 0 Å². The summed E-state index contributed by atoms with van der Waals surface area (Å²) in [6.07, 6.45) is 7.21. The lowest BCUT2D eigenvalue weighted by Crippen LogP contribution is -2.41. The van der Waals surface area contributed by atoms with Crippen LogP contribution in [0.1, 0.15) is 71.6 Å². The molecule has 0 aliphatic carbocycles. The number of primary amides is 1. The van der Waals surface area contributed by atoms with Gasteiger partial charge in [0.25, 0.3) is 0 Å². The number of carboxylic acids is 1. The Hall–Kier alpha value is -1.59. The predicted molar refractivity (Wildman–Crippen MR) is 85.2 cm³/mol. The molecule has 0 fully saturated rings. The maximum Gasteiger partial charge on any atom is 0.326 e. The largest absolute Gasteiger partial charge is 0.480 e. The van der Waals surface area contributed by atoms with Gasteiger partial charge in [-0.15, -0.1) is 0 Å². The van der Waals surface area contributed by atoms with Crippen molar-refractivity contribution in [3.8, 4) is 0 Å². The van der Waals surface area contributed by atoms with E-state index in [9.17, 15) is 14.4 Å². The van der Waals surface area contributed by atoms with Crippen LogP contribution in [-0.4, -0.2) is 28.9 Å². The third-order valence-electron chi connectivity index (χ3n) is 3.65. The third-order valence-corrected chi connectivity index (χ3v) is 3.65. The van der Waals surface area contributed by atoms with Gasteiger partial charge in [-0.05, 0) is 12.3 Å². The summed E-state index contributed by atoms with van der Waals surface area (Å²) < 4.78 is 0. The Labute approximate surface area is 132 Å². The van der Waals surface area contributed by atoms with Crippen molar-refractivity contribution < 1.29 is 19.5 Å². The molecule has 0 aliphatic heterocycles. The van der Waals surface area contributed by atoms with Gasteiger partial charge in [0, 0.05) is 12.8 Å². The molecule has 0 rings (SSSR count). The Morgan fingerprint density at radius 2 is 1.73 bits per heavy atom. The number of rotatable bonds is 13. The summed E-state index contributed by atoms with van der Waals surface area (Å²) in [4.78, 5) is 33.6. The number of nitrogens with one attached hydrogen (secondary N) is 1. The number of aliphatic carboxylic acids is 1. The van der Waals surface area contributed by atoms with Crippen LogP contribution >= 0.6 is 0 Å². The zero-order valence-electron chi connectivity index (χ0n) is 13.8. The number of carbonyl (C=O) groups excluding carboxylic acids is 2. The number of amides is 2. The van der Waals surface area contributed by atoms with Crippen LogP contribution in [0.4, 0.5) is 0 Å². The Balaban J connectivity index is 4.01. The van der Waals surface area contributed by atoms with E-state index in [1.54, 1.807) is 0 Å². The summed E-state index contributed by atoms with van der Waals surface area (Å²) in [5.41, 5.74) is 5.00. The van der Waals surface area contributed by atoms with Crippen LogP contribution in [-0.2, 0) is 14.4 Å². The summed E-state index contributed by atoms with van der Waals surface area (Å²) >= 11 is 0. The lowest BCUT2D eigenvalue weighted by molar-refractivity contribution is -0.142. The van der Waals surface area contributed by atoms with E-state index in [1.165, 1.54) is 25.7 Å². The van der Waals surface area contributed by atoms with Crippen LogP contribution in [0, 0.1) is 5.92 Å². The Bertz CT molecular complexity index is 358. The van der Waals surface area contributed by atoms with Crippen LogP contribution < -0.4 is 11.1 Å². The van der Waals surface area contributed by atoms with Gasteiger partial charge in [-0.25, -0.2) is 4.79 Å². The van der Waals surface area contributed by atoms with Gasteiger partial charge < -0.3 is 16.2 Å². The van der Waals surface area contributed by atoms with Gasteiger partial charge in [-0.3, -0.25) is 9.59 Å². The van der Waals surface area contributed by atoms with Gasteiger partial charge in [-0.1, -0.05) is 52.4 Å². The molecule has 2 unspecified atom stereocenters. The molecule has 2 amide bonds. The Morgan fingerprint density at radius 3 is 2.27 bits per heavy atom. The molecule has 0 aromatic heterocycles. The Kier molecular flexibility index (Phi) is 11.1. The fourth-order valence-corrected chi connectivity index (χ4v) is 2.31. The van der Waals surface area contributed by atoms with Crippen molar-refractivity contribution in [1.82, 2.24) is 5.32 Å². The highest BCUT2D eigenvalue weighted by molar-refractivity contribution is 5.84. The molecule has 6 nitrogen and oxygen atoms in total. The molecule has 0 saturated carbocycles. The summed E-state index contributed by atoms with van der Waals surface area (Å²) in [6, 6.07) is -1.04. The number of hydrogen-bond donors (Lipinski definition) is 3. The standard InChI is InChI=1S/C16H30N2O4/c1-3-4-5-6-7-8-12(2)11-15(20)18-13(16(21)22)9-10-14(17)19/h12-13H,3-11H2,1-2H3,(H2,17,19)(H,18,20)(H,21,22). The molecule has 2 atom stereocenters. The highest BCUT2D eigenvalue weighted by atomic mass is 16.4. The molecule has 0 aromatic carbocycles. The summed E-state index contributed by atoms with van der Waals surface area (Å²) in [5, 5.41) is 11.5. The number of hydrogen-bond acceptors (Lipinski definition) is 3. The zero-order chi connectivity index (χ0) is 17.0. The lowest BCUT2D eigenvalue weighted by Gasteiger charge is -2.16. The van der Waals surface area contributed by atoms with Crippen molar-refractivity contribution in [3.63, 3.8) is 0 Å². The van der Waals surface area contributed by atoms with Crippen molar-refractivity contribution >= 4 is 17.8 Å². The maximum absolute atomic E-state index is 11.9. The fourth-order valence-electron chi connectivity index (χ4n) is 2.31. The molecule has 128 valence electrons. The number of nitrogens with two attached hydrogens (primary N) is 1. The van der Waals surface area contributed by atoms with E-state index in [1.807, 2.05) is 6.92 Å². The monoisotopic (exact) mass is 314 g/mol. The van der Waals surface area contributed by atoms with Crippen molar-refractivity contribution in [2.24, 2.45) is 11.7 Å². The van der Waals surface area contributed by atoms with Crippen LogP contribution in [0.25, 0.3) is 0 Å². The third kappa shape index (κ3) is 11.1. The van der Waals surface area contributed by atoms with Gasteiger partial charge in [-0.2, -0.15) is 0 Å². The molecule has 0 aromatic rings. The first-order valence-electron chi connectivity index (χ1n) is 8.17. The minimum absolute atomic E-state index is 0.0296. The molecule has 22 heavy (non-hydrogen) atoms. The van der Waals surface area contributed by atoms with Crippen LogP contribution in [0.2, 0.25) is 0 Å².